The van der Waals surface area contributed by atoms with Crippen LogP contribution in [0.5, 0.6) is 0 Å². The number of benzene rings is 1. The molecular formula is C20H28N4O. The average Bonchev–Trinajstić information content (AvgIpc) is 2.82. The Morgan fingerprint density at radius 2 is 2.04 bits per heavy atom. The summed E-state index contributed by atoms with van der Waals surface area (Å²) in [6.45, 7) is 13.0. The van der Waals surface area contributed by atoms with Gasteiger partial charge in [0.1, 0.15) is 0 Å². The van der Waals surface area contributed by atoms with Gasteiger partial charge in [-0.15, -0.1) is 6.58 Å². The van der Waals surface area contributed by atoms with Crippen LogP contribution in [0.1, 0.15) is 41.2 Å². The van der Waals surface area contributed by atoms with Crippen LogP contribution in [0.4, 0.5) is 5.69 Å². The number of carbonyl (C=O) groups excluding carboxylic acids is 1. The highest BCUT2D eigenvalue weighted by atomic mass is 16.2. The van der Waals surface area contributed by atoms with Crippen molar-refractivity contribution in [3.63, 3.8) is 0 Å². The van der Waals surface area contributed by atoms with Gasteiger partial charge >= 0.3 is 0 Å². The van der Waals surface area contributed by atoms with Crippen molar-refractivity contribution in [1.82, 2.24) is 14.7 Å². The minimum Gasteiger partial charge on any atom is -0.381 e. The summed E-state index contributed by atoms with van der Waals surface area (Å²) in [6, 6.07) is 7.70. The van der Waals surface area contributed by atoms with E-state index < -0.39 is 0 Å². The van der Waals surface area contributed by atoms with Gasteiger partial charge in [-0.25, -0.2) is 0 Å². The molecule has 134 valence electrons. The molecule has 25 heavy (non-hydrogen) atoms. The zero-order valence-electron chi connectivity index (χ0n) is 15.8. The molecule has 1 aromatic heterocycles. The van der Waals surface area contributed by atoms with Crippen molar-refractivity contribution in [2.24, 2.45) is 7.05 Å². The number of nitrogens with zero attached hydrogens (tertiary/aromatic N) is 3. The van der Waals surface area contributed by atoms with Crippen molar-refractivity contribution < 1.29 is 4.79 Å². The Labute approximate surface area is 150 Å². The van der Waals surface area contributed by atoms with E-state index in [1.807, 2.05) is 68.6 Å². The van der Waals surface area contributed by atoms with Crippen LogP contribution in [0, 0.1) is 13.8 Å². The summed E-state index contributed by atoms with van der Waals surface area (Å²) >= 11 is 0. The van der Waals surface area contributed by atoms with Crippen molar-refractivity contribution in [1.29, 1.82) is 0 Å². The summed E-state index contributed by atoms with van der Waals surface area (Å²) in [6.07, 6.45) is 1.78. The lowest BCUT2D eigenvalue weighted by Gasteiger charge is -2.28. The molecule has 0 aliphatic rings. The number of rotatable bonds is 7. The third kappa shape index (κ3) is 4.10. The minimum absolute atomic E-state index is 0.0183. The Balaban J connectivity index is 2.34. The highest BCUT2D eigenvalue weighted by molar-refractivity contribution is 5.99. The molecule has 5 nitrogen and oxygen atoms in total. The van der Waals surface area contributed by atoms with E-state index in [1.54, 1.807) is 6.08 Å². The quantitative estimate of drug-likeness (QED) is 0.782. The van der Waals surface area contributed by atoms with E-state index in [0.717, 1.165) is 22.6 Å². The second-order valence-corrected chi connectivity index (χ2v) is 6.51. The Bertz CT molecular complexity index is 761. The average molecular weight is 340 g/mol. The van der Waals surface area contributed by atoms with Crippen LogP contribution in [0.25, 0.3) is 0 Å². The van der Waals surface area contributed by atoms with Crippen LogP contribution < -0.4 is 5.32 Å². The van der Waals surface area contributed by atoms with Crippen molar-refractivity contribution >= 4 is 11.6 Å². The molecule has 2 rings (SSSR count). The molecule has 0 aliphatic heterocycles. The lowest BCUT2D eigenvalue weighted by Crippen LogP contribution is -2.37. The summed E-state index contributed by atoms with van der Waals surface area (Å²) in [7, 11) is 1.93. The molecule has 1 amide bonds. The zero-order chi connectivity index (χ0) is 18.6. The monoisotopic (exact) mass is 340 g/mol. The molecule has 1 heterocycles. The van der Waals surface area contributed by atoms with Gasteiger partial charge in [-0.05, 0) is 39.8 Å². The molecule has 0 radical (unpaired) electrons. The fourth-order valence-corrected chi connectivity index (χ4v) is 2.87. The maximum absolute atomic E-state index is 13.2. The van der Waals surface area contributed by atoms with Crippen LogP contribution in [0.3, 0.4) is 0 Å². The first-order valence-electron chi connectivity index (χ1n) is 8.60. The van der Waals surface area contributed by atoms with Gasteiger partial charge in [0.15, 0.2) is 0 Å². The summed E-state index contributed by atoms with van der Waals surface area (Å²) in [4.78, 5) is 15.1. The number of hydrogen-bond acceptors (Lipinski definition) is 3. The van der Waals surface area contributed by atoms with Crippen LogP contribution in [-0.4, -0.2) is 33.2 Å². The molecule has 0 saturated heterocycles. The van der Waals surface area contributed by atoms with Gasteiger partial charge in [-0.2, -0.15) is 5.10 Å². The number of aromatic nitrogens is 2. The normalized spacial score (nSPS) is 10.8. The summed E-state index contributed by atoms with van der Waals surface area (Å²) in [5.41, 5.74) is 4.68. The molecule has 1 aromatic carbocycles. The smallest absolute Gasteiger partial charge is 0.256 e. The maximum atomic E-state index is 13.2. The lowest BCUT2D eigenvalue weighted by atomic mass is 10.1. The van der Waals surface area contributed by atoms with Crippen molar-refractivity contribution in [3.8, 4) is 0 Å². The first-order valence-corrected chi connectivity index (χ1v) is 8.60. The lowest BCUT2D eigenvalue weighted by molar-refractivity contribution is 0.0690. The number of nitrogens with one attached hydrogen (secondary N) is 1. The van der Waals surface area contributed by atoms with Gasteiger partial charge in [-0.1, -0.05) is 18.2 Å². The predicted octanol–water partition coefficient (Wildman–Crippen LogP) is 3.69. The fraction of sp³-hybridized carbons (Fsp3) is 0.400. The third-order valence-electron chi connectivity index (χ3n) is 4.47. The molecule has 0 saturated carbocycles. The molecular weight excluding hydrogens is 312 g/mol. The number of hydrogen-bond donors (Lipinski definition) is 1. The topological polar surface area (TPSA) is 50.2 Å². The van der Waals surface area contributed by atoms with Crippen molar-refractivity contribution in [3.05, 3.63) is 59.4 Å². The van der Waals surface area contributed by atoms with E-state index in [2.05, 4.69) is 17.0 Å². The van der Waals surface area contributed by atoms with Gasteiger partial charge in [0.25, 0.3) is 5.91 Å². The van der Waals surface area contributed by atoms with Gasteiger partial charge in [0.2, 0.25) is 0 Å². The van der Waals surface area contributed by atoms with E-state index >= 15 is 0 Å². The molecule has 2 aromatic rings. The summed E-state index contributed by atoms with van der Waals surface area (Å²) in [5, 5.41) is 7.71. The molecule has 0 fully saturated rings. The molecule has 0 unspecified atom stereocenters. The van der Waals surface area contributed by atoms with E-state index in [9.17, 15) is 4.79 Å². The number of amides is 1. The number of aryl methyl sites for hydroxylation is 2. The Hall–Kier alpha value is -2.56. The standard InChI is InChI=1S/C20H28N4O/c1-7-12-21-19-11-9-8-10-17(19)20(25)24(14(2)3)13-18-15(4)22-23(6)16(18)5/h7-11,14,21H,1,12-13H2,2-6H3. The van der Waals surface area contributed by atoms with E-state index in [-0.39, 0.29) is 11.9 Å². The Morgan fingerprint density at radius 3 is 2.60 bits per heavy atom. The largest absolute Gasteiger partial charge is 0.381 e. The third-order valence-corrected chi connectivity index (χ3v) is 4.47. The zero-order valence-corrected chi connectivity index (χ0v) is 15.8. The number of carbonyl (C=O) groups is 1. The molecule has 0 aliphatic carbocycles. The Morgan fingerprint density at radius 1 is 1.36 bits per heavy atom. The van der Waals surface area contributed by atoms with E-state index in [1.165, 1.54) is 0 Å². The Kier molecular flexibility index (Phi) is 6.02. The predicted molar refractivity (Wildman–Crippen MR) is 103 cm³/mol. The molecule has 5 heteroatoms. The maximum Gasteiger partial charge on any atom is 0.256 e. The highest BCUT2D eigenvalue weighted by Gasteiger charge is 2.23. The highest BCUT2D eigenvalue weighted by Crippen LogP contribution is 2.22. The summed E-state index contributed by atoms with van der Waals surface area (Å²) in [5.74, 6) is 0.0183. The van der Waals surface area contributed by atoms with Crippen molar-refractivity contribution in [2.75, 3.05) is 11.9 Å². The molecule has 0 spiro atoms. The van der Waals surface area contributed by atoms with Gasteiger partial charge in [0.05, 0.1) is 11.3 Å². The molecule has 0 atom stereocenters. The van der Waals surface area contributed by atoms with Gasteiger partial charge < -0.3 is 10.2 Å². The SMILES string of the molecule is C=CCNc1ccccc1C(=O)N(Cc1c(C)nn(C)c1C)C(C)C. The van der Waals surface area contributed by atoms with Crippen LogP contribution >= 0.6 is 0 Å². The van der Waals surface area contributed by atoms with Crippen LogP contribution in [0.15, 0.2) is 36.9 Å². The molecule has 1 N–H and O–H groups in total. The van der Waals surface area contributed by atoms with Crippen LogP contribution in [-0.2, 0) is 13.6 Å². The minimum atomic E-state index is 0.0183. The van der Waals surface area contributed by atoms with Gasteiger partial charge in [0, 0.05) is 43.1 Å². The second-order valence-electron chi connectivity index (χ2n) is 6.51. The number of anilines is 1. The van der Waals surface area contributed by atoms with Crippen molar-refractivity contribution in [2.45, 2.75) is 40.3 Å². The van der Waals surface area contributed by atoms with E-state index in [0.29, 0.717) is 18.7 Å². The van der Waals surface area contributed by atoms with Gasteiger partial charge in [-0.3, -0.25) is 9.48 Å². The first kappa shape index (κ1) is 18.8. The first-order chi connectivity index (χ1) is 11.9. The fourth-order valence-electron chi connectivity index (χ4n) is 2.87. The molecule has 0 bridgehead atoms. The van der Waals surface area contributed by atoms with E-state index in [4.69, 9.17) is 0 Å². The number of para-hydroxylation sites is 1. The second kappa shape index (κ2) is 8.01. The summed E-state index contributed by atoms with van der Waals surface area (Å²) < 4.78 is 1.87. The van der Waals surface area contributed by atoms with Crippen LogP contribution in [0.2, 0.25) is 0 Å².